The lowest BCUT2D eigenvalue weighted by molar-refractivity contribution is 0.574. The van der Waals surface area contributed by atoms with Crippen LogP contribution in [0.3, 0.4) is 0 Å². The van der Waals surface area contributed by atoms with E-state index in [0.717, 1.165) is 31.1 Å². The summed E-state index contributed by atoms with van der Waals surface area (Å²) in [5.74, 6) is 2.15. The van der Waals surface area contributed by atoms with Crippen LogP contribution in [0.4, 0.5) is 0 Å². The summed E-state index contributed by atoms with van der Waals surface area (Å²) in [5, 5.41) is 0. The summed E-state index contributed by atoms with van der Waals surface area (Å²) in [6, 6.07) is 7.42. The predicted octanol–water partition coefficient (Wildman–Crippen LogP) is 7.60. The maximum atomic E-state index is 4.73. The fraction of sp³-hybridized carbons (Fsp3) is 0.607. The lowest BCUT2D eigenvalue weighted by Crippen LogP contribution is -2.18. The minimum Gasteiger partial charge on any atom is -0.261 e. The standard InChI is InChI=1S/C28H39N/c1-7-20-13-14-29-25(8-2)26(20)18(3)15-19-16-23(21-9-10-21)27(28(4,5)6)24(17-19)22-11-12-22/h13-14,16-18,21-22H,7-12,15H2,1-6H3. The van der Waals surface area contributed by atoms with E-state index in [9.17, 15) is 0 Å². The van der Waals surface area contributed by atoms with E-state index in [1.807, 2.05) is 6.20 Å². The molecule has 1 nitrogen and oxygen atoms in total. The molecule has 1 heteroatoms. The molecular formula is C28H39N. The molecule has 0 saturated heterocycles. The summed E-state index contributed by atoms with van der Waals surface area (Å²) < 4.78 is 0. The fourth-order valence-corrected chi connectivity index (χ4v) is 5.38. The van der Waals surface area contributed by atoms with E-state index in [1.54, 1.807) is 22.3 Å². The number of hydrogen-bond acceptors (Lipinski definition) is 1. The van der Waals surface area contributed by atoms with E-state index in [4.69, 9.17) is 4.98 Å². The van der Waals surface area contributed by atoms with E-state index >= 15 is 0 Å². The maximum Gasteiger partial charge on any atom is 0.0438 e. The molecule has 0 N–H and O–H groups in total. The molecule has 0 amide bonds. The largest absolute Gasteiger partial charge is 0.261 e. The molecular weight excluding hydrogens is 350 g/mol. The van der Waals surface area contributed by atoms with E-state index < -0.39 is 0 Å². The topological polar surface area (TPSA) is 12.9 Å². The summed E-state index contributed by atoms with van der Waals surface area (Å²) in [6.07, 6.45) is 10.8. The van der Waals surface area contributed by atoms with E-state index in [-0.39, 0.29) is 5.41 Å². The smallest absolute Gasteiger partial charge is 0.0438 e. The summed E-state index contributed by atoms with van der Waals surface area (Å²) in [4.78, 5) is 4.73. The first-order valence-corrected chi connectivity index (χ1v) is 12.0. The van der Waals surface area contributed by atoms with E-state index in [1.165, 1.54) is 42.5 Å². The number of aromatic nitrogens is 1. The highest BCUT2D eigenvalue weighted by molar-refractivity contribution is 5.50. The molecule has 0 bridgehead atoms. The second kappa shape index (κ2) is 7.89. The van der Waals surface area contributed by atoms with Crippen molar-refractivity contribution in [3.8, 4) is 0 Å². The minimum absolute atomic E-state index is 0.244. The molecule has 4 rings (SSSR count). The first-order valence-electron chi connectivity index (χ1n) is 12.0. The normalized spacial score (nSPS) is 18.1. The predicted molar refractivity (Wildman–Crippen MR) is 124 cm³/mol. The summed E-state index contributed by atoms with van der Waals surface area (Å²) in [6.45, 7) is 14.2. The number of rotatable bonds is 7. The van der Waals surface area contributed by atoms with Gasteiger partial charge in [-0.1, -0.05) is 53.7 Å². The summed E-state index contributed by atoms with van der Waals surface area (Å²) >= 11 is 0. The van der Waals surface area contributed by atoms with Crippen molar-refractivity contribution in [1.29, 1.82) is 0 Å². The molecule has 0 spiro atoms. The van der Waals surface area contributed by atoms with Gasteiger partial charge in [-0.15, -0.1) is 0 Å². The lowest BCUT2D eigenvalue weighted by Gasteiger charge is -2.28. The molecule has 1 heterocycles. The molecule has 1 unspecified atom stereocenters. The Labute approximate surface area is 178 Å². The zero-order valence-electron chi connectivity index (χ0n) is 19.4. The molecule has 29 heavy (non-hydrogen) atoms. The van der Waals surface area contributed by atoms with Gasteiger partial charge in [-0.2, -0.15) is 0 Å². The van der Waals surface area contributed by atoms with Crippen LogP contribution in [0.1, 0.15) is 124 Å². The zero-order chi connectivity index (χ0) is 20.8. The highest BCUT2D eigenvalue weighted by Crippen LogP contribution is 2.51. The van der Waals surface area contributed by atoms with Crippen molar-refractivity contribution in [2.75, 3.05) is 0 Å². The molecule has 1 aromatic carbocycles. The minimum atomic E-state index is 0.244. The van der Waals surface area contributed by atoms with Gasteiger partial charge in [0.2, 0.25) is 0 Å². The first-order chi connectivity index (χ1) is 13.8. The molecule has 2 fully saturated rings. The summed E-state index contributed by atoms with van der Waals surface area (Å²) in [7, 11) is 0. The molecule has 1 atom stereocenters. The number of pyridine rings is 1. The molecule has 2 aromatic rings. The van der Waals surface area contributed by atoms with Gasteiger partial charge < -0.3 is 0 Å². The van der Waals surface area contributed by atoms with Gasteiger partial charge in [0.05, 0.1) is 0 Å². The zero-order valence-corrected chi connectivity index (χ0v) is 19.4. The third kappa shape index (κ3) is 4.30. The highest BCUT2D eigenvalue weighted by atomic mass is 14.7. The number of hydrogen-bond donors (Lipinski definition) is 0. The Morgan fingerprint density at radius 1 is 0.966 bits per heavy atom. The second-order valence-corrected chi connectivity index (χ2v) is 10.6. The van der Waals surface area contributed by atoms with Crippen molar-refractivity contribution < 1.29 is 0 Å². The molecule has 2 saturated carbocycles. The van der Waals surface area contributed by atoms with Crippen LogP contribution in [0, 0.1) is 0 Å². The van der Waals surface area contributed by atoms with Gasteiger partial charge in [-0.05, 0) is 108 Å². The van der Waals surface area contributed by atoms with E-state index in [0.29, 0.717) is 5.92 Å². The van der Waals surface area contributed by atoms with Crippen molar-refractivity contribution in [2.24, 2.45) is 0 Å². The Morgan fingerprint density at radius 2 is 1.55 bits per heavy atom. The Hall–Kier alpha value is -1.63. The third-order valence-corrected chi connectivity index (χ3v) is 6.96. The Balaban J connectivity index is 1.73. The van der Waals surface area contributed by atoms with Gasteiger partial charge in [0, 0.05) is 11.9 Å². The molecule has 156 valence electrons. The Kier molecular flexibility index (Phi) is 5.62. The van der Waals surface area contributed by atoms with Gasteiger partial charge in [-0.25, -0.2) is 0 Å². The van der Waals surface area contributed by atoms with Gasteiger partial charge in [0.15, 0.2) is 0 Å². The van der Waals surface area contributed by atoms with Gasteiger partial charge in [0.25, 0.3) is 0 Å². The van der Waals surface area contributed by atoms with Crippen LogP contribution in [0.5, 0.6) is 0 Å². The van der Waals surface area contributed by atoms with Crippen LogP contribution in [0.2, 0.25) is 0 Å². The van der Waals surface area contributed by atoms with Gasteiger partial charge in [0.1, 0.15) is 0 Å². The maximum absolute atomic E-state index is 4.73. The van der Waals surface area contributed by atoms with Crippen LogP contribution in [0.25, 0.3) is 0 Å². The highest BCUT2D eigenvalue weighted by Gasteiger charge is 2.36. The fourth-order valence-electron chi connectivity index (χ4n) is 5.38. The number of benzene rings is 1. The average Bonchev–Trinajstić information content (AvgIpc) is 3.57. The van der Waals surface area contributed by atoms with Crippen LogP contribution >= 0.6 is 0 Å². The number of aryl methyl sites for hydroxylation is 2. The molecule has 1 aromatic heterocycles. The Morgan fingerprint density at radius 3 is 2.00 bits per heavy atom. The van der Waals surface area contributed by atoms with Crippen LogP contribution < -0.4 is 0 Å². The van der Waals surface area contributed by atoms with Crippen LogP contribution in [0.15, 0.2) is 24.4 Å². The molecule has 2 aliphatic carbocycles. The van der Waals surface area contributed by atoms with E-state index in [2.05, 4.69) is 59.7 Å². The second-order valence-electron chi connectivity index (χ2n) is 10.6. The van der Waals surface area contributed by atoms with Crippen LogP contribution in [-0.4, -0.2) is 4.98 Å². The van der Waals surface area contributed by atoms with Crippen molar-refractivity contribution in [2.45, 2.75) is 110 Å². The Bertz CT molecular complexity index is 822. The molecule has 0 radical (unpaired) electrons. The van der Waals surface area contributed by atoms with Crippen molar-refractivity contribution in [3.63, 3.8) is 0 Å². The van der Waals surface area contributed by atoms with Crippen molar-refractivity contribution >= 4 is 0 Å². The molecule has 2 aliphatic rings. The molecule has 0 aliphatic heterocycles. The first kappa shape index (κ1) is 20.6. The summed E-state index contributed by atoms with van der Waals surface area (Å²) in [5.41, 5.74) is 11.1. The number of nitrogens with zero attached hydrogens (tertiary/aromatic N) is 1. The average molecular weight is 390 g/mol. The van der Waals surface area contributed by atoms with Crippen LogP contribution in [-0.2, 0) is 24.7 Å². The van der Waals surface area contributed by atoms with Crippen molar-refractivity contribution in [3.05, 3.63) is 63.5 Å². The van der Waals surface area contributed by atoms with Gasteiger partial charge in [-0.3, -0.25) is 4.98 Å². The SMILES string of the molecule is CCc1ccnc(CC)c1C(C)Cc1cc(C2CC2)c(C(C)(C)C)c(C2CC2)c1. The van der Waals surface area contributed by atoms with Crippen molar-refractivity contribution in [1.82, 2.24) is 4.98 Å². The van der Waals surface area contributed by atoms with Gasteiger partial charge >= 0.3 is 0 Å². The third-order valence-electron chi connectivity index (χ3n) is 6.96. The monoisotopic (exact) mass is 389 g/mol. The quantitative estimate of drug-likeness (QED) is 0.475. The lowest BCUT2D eigenvalue weighted by atomic mass is 9.76.